The molecule has 168 valence electrons. The number of benzene rings is 1. The topological polar surface area (TPSA) is 82.1 Å². The molecule has 0 aliphatic carbocycles. The van der Waals surface area contributed by atoms with Gasteiger partial charge in [-0.1, -0.05) is 18.2 Å². The molecule has 3 aliphatic heterocycles. The quantitative estimate of drug-likeness (QED) is 0.708. The Hall–Kier alpha value is -3.20. The third-order valence-corrected chi connectivity index (χ3v) is 6.43. The van der Waals surface area contributed by atoms with Crippen molar-refractivity contribution in [3.8, 4) is 0 Å². The fourth-order valence-electron chi connectivity index (χ4n) is 4.59. The summed E-state index contributed by atoms with van der Waals surface area (Å²) in [5.41, 5.74) is 0.858. The molecule has 1 aromatic carbocycles. The molecule has 32 heavy (non-hydrogen) atoms. The molecule has 1 aromatic heterocycles. The number of aromatic nitrogens is 2. The number of ether oxygens (including phenoxy) is 1. The standard InChI is InChI=1S/C23H28N6O3/c30-22-16-18(17-29(22)19-4-2-1-3-5-19)23(31)28-10-8-26(9-11-28)20-6-7-21(25-24-20)27-12-14-32-15-13-27/h1-7,18H,8-17H2. The van der Waals surface area contributed by atoms with E-state index in [0.29, 0.717) is 32.7 Å². The SMILES string of the molecule is O=C(C1CC(=O)N(c2ccccc2)C1)N1CCN(c2ccc(N3CCOCC3)nn2)CC1. The number of anilines is 3. The normalized spacial score (nSPS) is 21.9. The zero-order valence-electron chi connectivity index (χ0n) is 18.1. The van der Waals surface area contributed by atoms with Gasteiger partial charge in [-0.25, -0.2) is 0 Å². The van der Waals surface area contributed by atoms with Gasteiger partial charge < -0.3 is 24.3 Å². The number of carbonyl (C=O) groups is 2. The van der Waals surface area contributed by atoms with Gasteiger partial charge in [0.2, 0.25) is 11.8 Å². The van der Waals surface area contributed by atoms with Crippen LogP contribution in [0.15, 0.2) is 42.5 Å². The fraction of sp³-hybridized carbons (Fsp3) is 0.478. The summed E-state index contributed by atoms with van der Waals surface area (Å²) in [4.78, 5) is 33.5. The summed E-state index contributed by atoms with van der Waals surface area (Å²) in [7, 11) is 0. The predicted octanol–water partition coefficient (Wildman–Crippen LogP) is 1.01. The van der Waals surface area contributed by atoms with E-state index in [1.165, 1.54) is 0 Å². The number of para-hydroxylation sites is 1. The first-order chi connectivity index (χ1) is 15.7. The van der Waals surface area contributed by atoms with Gasteiger partial charge in [-0.3, -0.25) is 9.59 Å². The molecule has 2 amide bonds. The minimum atomic E-state index is -0.276. The van der Waals surface area contributed by atoms with E-state index in [2.05, 4.69) is 20.0 Å². The molecule has 0 bridgehead atoms. The van der Waals surface area contributed by atoms with Gasteiger partial charge in [0, 0.05) is 57.9 Å². The first-order valence-electron chi connectivity index (χ1n) is 11.2. The second-order valence-electron chi connectivity index (χ2n) is 8.40. The lowest BCUT2D eigenvalue weighted by Crippen LogP contribution is -2.51. The van der Waals surface area contributed by atoms with Gasteiger partial charge in [0.05, 0.1) is 19.1 Å². The maximum Gasteiger partial charge on any atom is 0.228 e. The van der Waals surface area contributed by atoms with Crippen molar-refractivity contribution >= 4 is 29.1 Å². The van der Waals surface area contributed by atoms with Crippen molar-refractivity contribution in [1.29, 1.82) is 0 Å². The summed E-state index contributed by atoms with van der Waals surface area (Å²) < 4.78 is 5.39. The molecule has 4 heterocycles. The van der Waals surface area contributed by atoms with Gasteiger partial charge >= 0.3 is 0 Å². The zero-order chi connectivity index (χ0) is 21.9. The zero-order valence-corrected chi connectivity index (χ0v) is 18.1. The molecule has 9 nitrogen and oxygen atoms in total. The molecule has 3 fully saturated rings. The highest BCUT2D eigenvalue weighted by atomic mass is 16.5. The Bertz CT molecular complexity index is 940. The lowest BCUT2D eigenvalue weighted by atomic mass is 10.1. The molecule has 1 unspecified atom stereocenters. The average molecular weight is 437 g/mol. The minimum absolute atomic E-state index is 0.0174. The molecule has 5 rings (SSSR count). The smallest absolute Gasteiger partial charge is 0.228 e. The lowest BCUT2D eigenvalue weighted by molar-refractivity contribution is -0.136. The number of carbonyl (C=O) groups excluding carboxylic acids is 2. The highest BCUT2D eigenvalue weighted by Crippen LogP contribution is 2.27. The highest BCUT2D eigenvalue weighted by Gasteiger charge is 2.38. The molecule has 3 saturated heterocycles. The van der Waals surface area contributed by atoms with Crippen LogP contribution in [0.2, 0.25) is 0 Å². The van der Waals surface area contributed by atoms with Gasteiger partial charge in [-0.05, 0) is 24.3 Å². The molecule has 1 atom stereocenters. The molecule has 0 saturated carbocycles. The van der Waals surface area contributed by atoms with Gasteiger partial charge in [-0.15, -0.1) is 10.2 Å². The van der Waals surface area contributed by atoms with Crippen LogP contribution < -0.4 is 14.7 Å². The summed E-state index contributed by atoms with van der Waals surface area (Å²) >= 11 is 0. The predicted molar refractivity (Wildman–Crippen MR) is 121 cm³/mol. The summed E-state index contributed by atoms with van der Waals surface area (Å²) in [5, 5.41) is 8.81. The molecule has 9 heteroatoms. The first kappa shape index (κ1) is 20.7. The van der Waals surface area contributed by atoms with Crippen molar-refractivity contribution in [1.82, 2.24) is 15.1 Å². The van der Waals surface area contributed by atoms with Crippen LogP contribution >= 0.6 is 0 Å². The maximum absolute atomic E-state index is 13.1. The summed E-state index contributed by atoms with van der Waals surface area (Å²) in [5.74, 6) is 1.52. The monoisotopic (exact) mass is 436 g/mol. The Morgan fingerprint density at radius 3 is 2.09 bits per heavy atom. The number of hydrogen-bond donors (Lipinski definition) is 0. The Balaban J connectivity index is 1.15. The van der Waals surface area contributed by atoms with Crippen LogP contribution in [0.5, 0.6) is 0 Å². The second kappa shape index (κ2) is 9.12. The van der Waals surface area contributed by atoms with Gasteiger partial charge in [0.15, 0.2) is 11.6 Å². The van der Waals surface area contributed by atoms with Crippen LogP contribution in [0.1, 0.15) is 6.42 Å². The van der Waals surface area contributed by atoms with Gasteiger partial charge in [0.1, 0.15) is 0 Å². The van der Waals surface area contributed by atoms with Crippen LogP contribution in [-0.4, -0.2) is 85.9 Å². The van der Waals surface area contributed by atoms with E-state index >= 15 is 0 Å². The van der Waals surface area contributed by atoms with Crippen LogP contribution in [0.3, 0.4) is 0 Å². The lowest BCUT2D eigenvalue weighted by Gasteiger charge is -2.36. The number of nitrogens with zero attached hydrogens (tertiary/aromatic N) is 6. The third kappa shape index (κ3) is 4.25. The van der Waals surface area contributed by atoms with Crippen molar-refractivity contribution < 1.29 is 14.3 Å². The van der Waals surface area contributed by atoms with Crippen LogP contribution in [0.25, 0.3) is 0 Å². The Kier molecular flexibility index (Phi) is 5.89. The van der Waals surface area contributed by atoms with Crippen molar-refractivity contribution in [2.75, 3.05) is 73.7 Å². The largest absolute Gasteiger partial charge is 0.378 e. The number of piperazine rings is 1. The summed E-state index contributed by atoms with van der Waals surface area (Å²) in [6, 6.07) is 13.6. The number of rotatable bonds is 4. The van der Waals surface area contributed by atoms with Crippen molar-refractivity contribution in [2.24, 2.45) is 5.92 Å². The van der Waals surface area contributed by atoms with Gasteiger partial charge in [0.25, 0.3) is 0 Å². The molecule has 3 aliphatic rings. The van der Waals surface area contributed by atoms with Crippen molar-refractivity contribution in [2.45, 2.75) is 6.42 Å². The van der Waals surface area contributed by atoms with E-state index < -0.39 is 0 Å². The molecular formula is C23H28N6O3. The summed E-state index contributed by atoms with van der Waals surface area (Å²) in [6.45, 7) is 6.23. The van der Waals surface area contributed by atoms with Crippen LogP contribution in [0, 0.1) is 5.92 Å². The van der Waals surface area contributed by atoms with Gasteiger partial charge in [-0.2, -0.15) is 0 Å². The van der Waals surface area contributed by atoms with E-state index in [4.69, 9.17) is 4.74 Å². The number of amides is 2. The number of hydrogen-bond acceptors (Lipinski definition) is 7. The minimum Gasteiger partial charge on any atom is -0.378 e. The van der Waals surface area contributed by atoms with Crippen molar-refractivity contribution in [3.05, 3.63) is 42.5 Å². The van der Waals surface area contributed by atoms with E-state index in [1.807, 2.05) is 47.4 Å². The molecule has 0 N–H and O–H groups in total. The third-order valence-electron chi connectivity index (χ3n) is 6.43. The Labute approximate surface area is 187 Å². The number of morpholine rings is 1. The highest BCUT2D eigenvalue weighted by molar-refractivity contribution is 6.00. The maximum atomic E-state index is 13.1. The van der Waals surface area contributed by atoms with E-state index in [-0.39, 0.29) is 24.2 Å². The fourth-order valence-corrected chi connectivity index (χ4v) is 4.59. The first-order valence-corrected chi connectivity index (χ1v) is 11.2. The van der Waals surface area contributed by atoms with E-state index in [9.17, 15) is 9.59 Å². The van der Waals surface area contributed by atoms with E-state index in [1.54, 1.807) is 4.90 Å². The van der Waals surface area contributed by atoms with Crippen LogP contribution in [-0.2, 0) is 14.3 Å². The van der Waals surface area contributed by atoms with Crippen molar-refractivity contribution in [3.63, 3.8) is 0 Å². The molecular weight excluding hydrogens is 408 g/mol. The summed E-state index contributed by atoms with van der Waals surface area (Å²) in [6.07, 6.45) is 0.280. The van der Waals surface area contributed by atoms with E-state index in [0.717, 1.165) is 43.6 Å². The Morgan fingerprint density at radius 1 is 0.844 bits per heavy atom. The molecule has 0 radical (unpaired) electrons. The second-order valence-corrected chi connectivity index (χ2v) is 8.40. The van der Waals surface area contributed by atoms with Crippen LogP contribution in [0.4, 0.5) is 17.3 Å². The average Bonchev–Trinajstić information content (AvgIpc) is 3.26. The molecule has 0 spiro atoms. The Morgan fingerprint density at radius 2 is 1.47 bits per heavy atom. The molecule has 2 aromatic rings.